The Labute approximate surface area is 235 Å². The first-order valence-electron chi connectivity index (χ1n) is 13.6. The number of hydrogen-bond acceptors (Lipinski definition) is 4. The molecule has 204 valence electrons. The van der Waals surface area contributed by atoms with Crippen molar-refractivity contribution in [2.75, 3.05) is 13.2 Å². The molecule has 6 nitrogen and oxygen atoms in total. The Morgan fingerprint density at radius 2 is 1.25 bits per heavy atom. The number of fused-ring (bicyclic) bond motifs is 3. The Balaban J connectivity index is 1.24. The van der Waals surface area contributed by atoms with Crippen molar-refractivity contribution >= 4 is 12.1 Å². The molecule has 5 rings (SSSR count). The zero-order valence-corrected chi connectivity index (χ0v) is 22.6. The number of amides is 1. The van der Waals surface area contributed by atoms with Crippen molar-refractivity contribution in [1.29, 1.82) is 0 Å². The third-order valence-electron chi connectivity index (χ3n) is 7.62. The zero-order valence-electron chi connectivity index (χ0n) is 22.6. The summed E-state index contributed by atoms with van der Waals surface area (Å²) in [6.07, 6.45) is -0.518. The first-order chi connectivity index (χ1) is 19.4. The van der Waals surface area contributed by atoms with Crippen LogP contribution in [0.2, 0.25) is 0 Å². The van der Waals surface area contributed by atoms with Gasteiger partial charge in [-0.1, -0.05) is 109 Å². The second-order valence-electron chi connectivity index (χ2n) is 10.5. The number of nitrogens with zero attached hydrogens (tertiary/aromatic N) is 1. The Bertz CT molecular complexity index is 1370. The van der Waals surface area contributed by atoms with Crippen LogP contribution in [0.15, 0.2) is 109 Å². The number of hydrogen-bond donors (Lipinski definition) is 2. The molecule has 0 unspecified atom stereocenters. The van der Waals surface area contributed by atoms with Crippen molar-refractivity contribution in [3.8, 4) is 11.1 Å². The minimum absolute atomic E-state index is 0.0959. The second-order valence-corrected chi connectivity index (χ2v) is 10.5. The molecular formula is C34H34N2O4. The van der Waals surface area contributed by atoms with E-state index in [9.17, 15) is 14.7 Å². The highest BCUT2D eigenvalue weighted by molar-refractivity contribution is 5.84. The number of carboxylic acids is 1. The quantitative estimate of drug-likeness (QED) is 0.231. The fourth-order valence-corrected chi connectivity index (χ4v) is 5.36. The van der Waals surface area contributed by atoms with Crippen LogP contribution in [-0.4, -0.2) is 40.8 Å². The van der Waals surface area contributed by atoms with Gasteiger partial charge >= 0.3 is 12.1 Å². The van der Waals surface area contributed by atoms with Gasteiger partial charge in [-0.3, -0.25) is 4.90 Å². The van der Waals surface area contributed by atoms with E-state index in [4.69, 9.17) is 4.74 Å². The standard InChI is InChI=1S/C34H34N2O4/c1-34(32(37)38,20-21-36(22-25-12-4-2-5-13-25)23-26-14-6-3-7-15-26)35-33(39)40-24-31-29-18-10-8-16-27(29)28-17-9-11-19-30(28)31/h2-19,31H,20-24H2,1H3,(H,35,39)(H,37,38)/t34-/m1/s1. The summed E-state index contributed by atoms with van der Waals surface area (Å²) in [7, 11) is 0. The first-order valence-corrected chi connectivity index (χ1v) is 13.6. The lowest BCUT2D eigenvalue weighted by Crippen LogP contribution is -2.54. The van der Waals surface area contributed by atoms with Gasteiger partial charge in [-0.2, -0.15) is 0 Å². The van der Waals surface area contributed by atoms with Gasteiger partial charge in [-0.15, -0.1) is 0 Å². The average molecular weight is 535 g/mol. The van der Waals surface area contributed by atoms with E-state index in [0.717, 1.165) is 33.4 Å². The Morgan fingerprint density at radius 3 is 1.75 bits per heavy atom. The van der Waals surface area contributed by atoms with Gasteiger partial charge in [0, 0.05) is 25.6 Å². The van der Waals surface area contributed by atoms with E-state index in [1.54, 1.807) is 6.92 Å². The van der Waals surface area contributed by atoms with Gasteiger partial charge in [0.1, 0.15) is 12.1 Å². The summed E-state index contributed by atoms with van der Waals surface area (Å²) in [5.41, 5.74) is 5.28. The number of aliphatic carboxylic acids is 1. The molecule has 6 heteroatoms. The van der Waals surface area contributed by atoms with E-state index in [-0.39, 0.29) is 18.9 Å². The first kappa shape index (κ1) is 27.2. The maximum atomic E-state index is 13.0. The van der Waals surface area contributed by atoms with Crippen molar-refractivity contribution in [2.24, 2.45) is 0 Å². The lowest BCUT2D eigenvalue weighted by atomic mass is 9.97. The van der Waals surface area contributed by atoms with Crippen LogP contribution in [0, 0.1) is 0 Å². The zero-order chi connectivity index (χ0) is 28.0. The van der Waals surface area contributed by atoms with Crippen molar-refractivity contribution in [3.05, 3.63) is 131 Å². The van der Waals surface area contributed by atoms with Gasteiger partial charge in [0.2, 0.25) is 0 Å². The third-order valence-corrected chi connectivity index (χ3v) is 7.62. The SMILES string of the molecule is C[C@](CCN(Cc1ccccc1)Cc1ccccc1)(NC(=O)OCC1c2ccccc2-c2ccccc21)C(=O)O. The number of carbonyl (C=O) groups is 2. The van der Waals surface area contributed by atoms with Crippen molar-refractivity contribution in [3.63, 3.8) is 0 Å². The normalized spacial score (nSPS) is 13.8. The summed E-state index contributed by atoms with van der Waals surface area (Å²) in [5.74, 6) is -1.19. The maximum Gasteiger partial charge on any atom is 0.408 e. The molecule has 0 spiro atoms. The van der Waals surface area contributed by atoms with Crippen molar-refractivity contribution in [2.45, 2.75) is 37.9 Å². The molecule has 0 aromatic heterocycles. The number of ether oxygens (including phenoxy) is 1. The predicted octanol–water partition coefficient (Wildman–Crippen LogP) is 6.46. The topological polar surface area (TPSA) is 78.9 Å². The maximum absolute atomic E-state index is 13.0. The van der Waals surface area contributed by atoms with Crippen LogP contribution in [-0.2, 0) is 22.6 Å². The Kier molecular flexibility index (Phi) is 8.27. The molecule has 0 radical (unpaired) electrons. The molecule has 0 aliphatic heterocycles. The minimum atomic E-state index is -1.49. The highest BCUT2D eigenvalue weighted by Crippen LogP contribution is 2.44. The number of alkyl carbamates (subject to hydrolysis) is 1. The second kappa shape index (κ2) is 12.2. The summed E-state index contributed by atoms with van der Waals surface area (Å²) in [4.78, 5) is 27.5. The van der Waals surface area contributed by atoms with Crippen LogP contribution in [0.5, 0.6) is 0 Å². The molecule has 0 bridgehead atoms. The molecule has 1 aliphatic rings. The largest absolute Gasteiger partial charge is 0.480 e. The van der Waals surface area contributed by atoms with Crippen molar-refractivity contribution < 1.29 is 19.4 Å². The molecule has 1 atom stereocenters. The van der Waals surface area contributed by atoms with Gasteiger partial charge in [-0.05, 0) is 46.7 Å². The molecule has 2 N–H and O–H groups in total. The summed E-state index contributed by atoms with van der Waals surface area (Å²) >= 11 is 0. The fraction of sp³-hybridized carbons (Fsp3) is 0.235. The summed E-state index contributed by atoms with van der Waals surface area (Å²) < 4.78 is 5.66. The van der Waals surface area contributed by atoms with Crippen LogP contribution >= 0.6 is 0 Å². The number of nitrogens with one attached hydrogen (secondary N) is 1. The van der Waals surface area contributed by atoms with Gasteiger partial charge in [0.25, 0.3) is 0 Å². The molecule has 40 heavy (non-hydrogen) atoms. The van der Waals surface area contributed by atoms with Gasteiger partial charge in [0.05, 0.1) is 0 Å². The van der Waals surface area contributed by atoms with E-state index < -0.39 is 17.6 Å². The molecule has 0 fully saturated rings. The fourth-order valence-electron chi connectivity index (χ4n) is 5.36. The molecule has 1 aliphatic carbocycles. The molecule has 0 heterocycles. The molecule has 4 aromatic rings. The number of carboxylic acid groups (broad SMARTS) is 1. The third kappa shape index (κ3) is 6.24. The van der Waals surface area contributed by atoms with Crippen molar-refractivity contribution in [1.82, 2.24) is 10.2 Å². The number of benzene rings is 4. The molecule has 0 saturated carbocycles. The minimum Gasteiger partial charge on any atom is -0.480 e. The summed E-state index contributed by atoms with van der Waals surface area (Å²) in [5, 5.41) is 12.8. The van der Waals surface area contributed by atoms with E-state index in [0.29, 0.717) is 19.6 Å². The van der Waals surface area contributed by atoms with E-state index in [2.05, 4.69) is 58.7 Å². The molecular weight excluding hydrogens is 500 g/mol. The van der Waals surface area contributed by atoms with Crippen LogP contribution < -0.4 is 5.32 Å². The lowest BCUT2D eigenvalue weighted by Gasteiger charge is -2.30. The van der Waals surface area contributed by atoms with Crippen LogP contribution in [0.25, 0.3) is 11.1 Å². The Morgan fingerprint density at radius 1 is 0.775 bits per heavy atom. The van der Waals surface area contributed by atoms with Crippen LogP contribution in [0.1, 0.15) is 41.5 Å². The number of carbonyl (C=O) groups excluding carboxylic acids is 1. The van der Waals surface area contributed by atoms with Crippen LogP contribution in [0.3, 0.4) is 0 Å². The van der Waals surface area contributed by atoms with E-state index in [1.165, 1.54) is 0 Å². The van der Waals surface area contributed by atoms with E-state index >= 15 is 0 Å². The monoisotopic (exact) mass is 534 g/mol. The highest BCUT2D eigenvalue weighted by Gasteiger charge is 2.36. The molecule has 4 aromatic carbocycles. The number of rotatable bonds is 11. The van der Waals surface area contributed by atoms with E-state index in [1.807, 2.05) is 60.7 Å². The predicted molar refractivity (Wildman–Crippen MR) is 156 cm³/mol. The van der Waals surface area contributed by atoms with Gasteiger partial charge in [-0.25, -0.2) is 9.59 Å². The average Bonchev–Trinajstić information content (AvgIpc) is 3.29. The lowest BCUT2D eigenvalue weighted by molar-refractivity contribution is -0.144. The molecule has 0 saturated heterocycles. The van der Waals surface area contributed by atoms with Gasteiger partial charge in [0.15, 0.2) is 0 Å². The Hall–Kier alpha value is -4.42. The summed E-state index contributed by atoms with van der Waals surface area (Å²) in [6.45, 7) is 3.46. The highest BCUT2D eigenvalue weighted by atomic mass is 16.5. The molecule has 1 amide bonds. The van der Waals surface area contributed by atoms with Crippen LogP contribution in [0.4, 0.5) is 4.79 Å². The summed E-state index contributed by atoms with van der Waals surface area (Å²) in [6, 6.07) is 36.4. The smallest absolute Gasteiger partial charge is 0.408 e. The van der Waals surface area contributed by atoms with Gasteiger partial charge < -0.3 is 15.2 Å².